The van der Waals surface area contributed by atoms with E-state index in [1.165, 1.54) is 34.1 Å². The molecular formula is C16H18N4OS2. The van der Waals surface area contributed by atoms with Crippen molar-refractivity contribution in [3.8, 4) is 11.3 Å². The smallest absolute Gasteiger partial charge is 0.269 e. The van der Waals surface area contributed by atoms with Crippen LogP contribution < -0.4 is 5.32 Å². The molecule has 23 heavy (non-hydrogen) atoms. The lowest BCUT2D eigenvalue weighted by atomic mass is 10.2. The van der Waals surface area contributed by atoms with Gasteiger partial charge in [0.25, 0.3) is 5.91 Å². The average Bonchev–Trinajstić information content (AvgIpc) is 3.24. The van der Waals surface area contributed by atoms with E-state index in [1.807, 2.05) is 5.38 Å². The molecule has 0 aliphatic carbocycles. The zero-order valence-electron chi connectivity index (χ0n) is 13.3. The van der Waals surface area contributed by atoms with E-state index in [1.54, 1.807) is 11.7 Å². The van der Waals surface area contributed by atoms with Crippen molar-refractivity contribution in [3.63, 3.8) is 0 Å². The van der Waals surface area contributed by atoms with E-state index in [0.29, 0.717) is 10.0 Å². The number of aromatic nitrogens is 3. The second kappa shape index (κ2) is 6.64. The number of nitrogens with zero attached hydrogens (tertiary/aromatic N) is 3. The van der Waals surface area contributed by atoms with Crippen LogP contribution in [0.25, 0.3) is 11.3 Å². The lowest BCUT2D eigenvalue weighted by molar-refractivity contribution is 0.103. The highest BCUT2D eigenvalue weighted by molar-refractivity contribution is 7.14. The molecule has 0 atom stereocenters. The van der Waals surface area contributed by atoms with Crippen molar-refractivity contribution >= 4 is 33.7 Å². The summed E-state index contributed by atoms with van der Waals surface area (Å²) in [5.74, 6) is -0.162. The maximum atomic E-state index is 12.1. The summed E-state index contributed by atoms with van der Waals surface area (Å²) in [6, 6.07) is 2.16. The molecule has 120 valence electrons. The Labute approximate surface area is 143 Å². The molecule has 0 aliphatic heterocycles. The molecule has 5 nitrogen and oxygen atoms in total. The van der Waals surface area contributed by atoms with E-state index >= 15 is 0 Å². The highest BCUT2D eigenvalue weighted by Crippen LogP contribution is 2.30. The van der Waals surface area contributed by atoms with Gasteiger partial charge in [0.1, 0.15) is 4.88 Å². The normalized spacial score (nSPS) is 10.9. The van der Waals surface area contributed by atoms with Crippen molar-refractivity contribution in [1.82, 2.24) is 14.5 Å². The van der Waals surface area contributed by atoms with Gasteiger partial charge in [0.2, 0.25) is 0 Å². The molecule has 0 radical (unpaired) electrons. The average molecular weight is 346 g/mol. The molecule has 0 spiro atoms. The Hall–Kier alpha value is -1.99. The highest BCUT2D eigenvalue weighted by atomic mass is 32.1. The summed E-state index contributed by atoms with van der Waals surface area (Å²) in [5, 5.41) is 5.43. The van der Waals surface area contributed by atoms with Gasteiger partial charge in [-0.2, -0.15) is 0 Å². The Morgan fingerprint density at radius 3 is 2.87 bits per heavy atom. The van der Waals surface area contributed by atoms with Crippen molar-refractivity contribution < 1.29 is 4.79 Å². The predicted octanol–water partition coefficient (Wildman–Crippen LogP) is 4.35. The minimum atomic E-state index is -0.162. The zero-order chi connectivity index (χ0) is 16.4. The molecule has 0 aromatic carbocycles. The number of carbonyl (C=O) groups is 1. The number of hydrogen-bond donors (Lipinski definition) is 1. The summed E-state index contributed by atoms with van der Waals surface area (Å²) in [6.45, 7) is 7.42. The van der Waals surface area contributed by atoms with Gasteiger partial charge < -0.3 is 4.57 Å². The molecule has 3 heterocycles. The topological polar surface area (TPSA) is 59.8 Å². The van der Waals surface area contributed by atoms with Crippen molar-refractivity contribution in [2.45, 2.75) is 33.7 Å². The number of hydrogen-bond acceptors (Lipinski definition) is 5. The van der Waals surface area contributed by atoms with Crippen molar-refractivity contribution in [3.05, 3.63) is 39.4 Å². The second-order valence-corrected chi connectivity index (χ2v) is 7.04. The minimum absolute atomic E-state index is 0.162. The van der Waals surface area contributed by atoms with Gasteiger partial charge in [-0.15, -0.1) is 22.7 Å². The molecule has 0 saturated heterocycles. The van der Waals surface area contributed by atoms with Crippen LogP contribution in [0.15, 0.2) is 23.2 Å². The van der Waals surface area contributed by atoms with Crippen molar-refractivity contribution in [2.75, 3.05) is 5.32 Å². The van der Waals surface area contributed by atoms with Crippen LogP contribution in [0.2, 0.25) is 0 Å². The molecule has 3 aromatic rings. The van der Waals surface area contributed by atoms with Crippen LogP contribution in [0.1, 0.15) is 34.4 Å². The highest BCUT2D eigenvalue weighted by Gasteiger charge is 2.15. The molecule has 0 unspecified atom stereocenters. The first-order valence-corrected chi connectivity index (χ1v) is 9.18. The lowest BCUT2D eigenvalue weighted by Gasteiger charge is -2.07. The fraction of sp³-hybridized carbons (Fsp3) is 0.312. The van der Waals surface area contributed by atoms with E-state index in [2.05, 4.69) is 46.7 Å². The Balaban J connectivity index is 1.82. The van der Waals surface area contributed by atoms with Crippen LogP contribution in [0.5, 0.6) is 0 Å². The van der Waals surface area contributed by atoms with Crippen LogP contribution in [-0.2, 0) is 6.54 Å². The monoisotopic (exact) mass is 346 g/mol. The lowest BCUT2D eigenvalue weighted by Crippen LogP contribution is -2.09. The zero-order valence-corrected chi connectivity index (χ0v) is 14.9. The number of anilines is 1. The van der Waals surface area contributed by atoms with E-state index in [9.17, 15) is 4.79 Å². The molecule has 0 fully saturated rings. The first-order valence-electron chi connectivity index (χ1n) is 7.42. The molecule has 7 heteroatoms. The summed E-state index contributed by atoms with van der Waals surface area (Å²) in [7, 11) is 0. The Morgan fingerprint density at radius 2 is 2.17 bits per heavy atom. The summed E-state index contributed by atoms with van der Waals surface area (Å²) in [6.07, 6.45) is 2.66. The molecule has 1 amide bonds. The molecule has 3 aromatic heterocycles. The van der Waals surface area contributed by atoms with Crippen LogP contribution in [0.3, 0.4) is 0 Å². The SMILES string of the molecule is CCCn1c(C)cc(-c2csc(NC(=O)c3cncs3)n2)c1C. The van der Waals surface area contributed by atoms with Crippen molar-refractivity contribution in [1.29, 1.82) is 0 Å². The molecular weight excluding hydrogens is 328 g/mol. The van der Waals surface area contributed by atoms with Gasteiger partial charge in [0.05, 0.1) is 17.4 Å². The molecule has 0 aliphatic rings. The molecule has 0 saturated carbocycles. The largest absolute Gasteiger partial charge is 0.348 e. The summed E-state index contributed by atoms with van der Waals surface area (Å²) in [4.78, 5) is 21.1. The third kappa shape index (κ3) is 3.20. The fourth-order valence-corrected chi connectivity index (χ4v) is 3.79. The van der Waals surface area contributed by atoms with Crippen LogP contribution >= 0.6 is 22.7 Å². The number of rotatable bonds is 5. The van der Waals surface area contributed by atoms with Gasteiger partial charge in [-0.1, -0.05) is 6.92 Å². The molecule has 3 rings (SSSR count). The maximum Gasteiger partial charge on any atom is 0.269 e. The summed E-state index contributed by atoms with van der Waals surface area (Å²) in [5.41, 5.74) is 6.14. The summed E-state index contributed by atoms with van der Waals surface area (Å²) >= 11 is 2.76. The van der Waals surface area contributed by atoms with Gasteiger partial charge in [-0.05, 0) is 26.3 Å². The van der Waals surface area contributed by atoms with Gasteiger partial charge in [-0.25, -0.2) is 4.98 Å². The van der Waals surface area contributed by atoms with Crippen molar-refractivity contribution in [2.24, 2.45) is 0 Å². The Bertz CT molecular complexity index is 817. The van der Waals surface area contributed by atoms with E-state index < -0.39 is 0 Å². The van der Waals surface area contributed by atoms with Crippen LogP contribution in [-0.4, -0.2) is 20.4 Å². The Morgan fingerprint density at radius 1 is 1.35 bits per heavy atom. The van der Waals surface area contributed by atoms with E-state index in [4.69, 9.17) is 0 Å². The first kappa shape index (κ1) is 15.9. The van der Waals surface area contributed by atoms with Crippen LogP contribution in [0.4, 0.5) is 5.13 Å². The third-order valence-electron chi connectivity index (χ3n) is 3.68. The standard InChI is InChI=1S/C16H18N4OS2/c1-4-5-20-10(2)6-12(11(20)3)13-8-22-16(18-13)19-15(21)14-7-17-9-23-14/h6-9H,4-5H2,1-3H3,(H,18,19,21). The van der Waals surface area contributed by atoms with E-state index in [0.717, 1.165) is 24.2 Å². The number of amides is 1. The first-order chi connectivity index (χ1) is 11.1. The van der Waals surface area contributed by atoms with Gasteiger partial charge >= 0.3 is 0 Å². The van der Waals surface area contributed by atoms with E-state index in [-0.39, 0.29) is 5.91 Å². The molecule has 1 N–H and O–H groups in total. The Kier molecular flexibility index (Phi) is 4.58. The number of carbonyl (C=O) groups excluding carboxylic acids is 1. The van der Waals surface area contributed by atoms with Gasteiger partial charge in [0, 0.05) is 28.9 Å². The fourth-order valence-electron chi connectivity index (χ4n) is 2.57. The second-order valence-electron chi connectivity index (χ2n) is 5.29. The maximum absolute atomic E-state index is 12.1. The van der Waals surface area contributed by atoms with Gasteiger partial charge in [-0.3, -0.25) is 15.1 Å². The van der Waals surface area contributed by atoms with Gasteiger partial charge in [0.15, 0.2) is 5.13 Å². The summed E-state index contributed by atoms with van der Waals surface area (Å²) < 4.78 is 2.31. The minimum Gasteiger partial charge on any atom is -0.348 e. The number of aryl methyl sites for hydroxylation is 1. The quantitative estimate of drug-likeness (QED) is 0.747. The van der Waals surface area contributed by atoms with Crippen LogP contribution in [0, 0.1) is 13.8 Å². The predicted molar refractivity (Wildman–Crippen MR) is 95.4 cm³/mol. The molecule has 0 bridgehead atoms. The number of thiazole rings is 2. The third-order valence-corrected chi connectivity index (χ3v) is 5.21. The number of nitrogens with one attached hydrogen (secondary N) is 1.